The van der Waals surface area contributed by atoms with Gasteiger partial charge in [0, 0.05) is 25.2 Å². The monoisotopic (exact) mass is 282 g/mol. The summed E-state index contributed by atoms with van der Waals surface area (Å²) in [6.45, 7) is 7.84. The molecule has 1 aliphatic heterocycles. The zero-order valence-electron chi connectivity index (χ0n) is 12.0. The molecule has 0 aliphatic carbocycles. The summed E-state index contributed by atoms with van der Waals surface area (Å²) in [5, 5.41) is 0. The van der Waals surface area contributed by atoms with Crippen molar-refractivity contribution < 1.29 is 8.42 Å². The minimum absolute atomic E-state index is 0.131. The third-order valence-electron chi connectivity index (χ3n) is 3.99. The lowest BCUT2D eigenvalue weighted by atomic mass is 10.0. The Hall–Kier alpha value is -0.910. The molecule has 1 heterocycles. The predicted octanol–water partition coefficient (Wildman–Crippen LogP) is 1.71. The van der Waals surface area contributed by atoms with Crippen molar-refractivity contribution in [2.75, 3.05) is 26.7 Å². The fraction of sp³-hybridized carbons (Fsp3) is 0.571. The number of piperazine rings is 1. The topological polar surface area (TPSA) is 40.6 Å². The zero-order chi connectivity index (χ0) is 14.3. The predicted molar refractivity (Wildman–Crippen MR) is 76.6 cm³/mol. The highest BCUT2D eigenvalue weighted by molar-refractivity contribution is 7.89. The summed E-state index contributed by atoms with van der Waals surface area (Å²) >= 11 is 0. The molecule has 5 heteroatoms. The highest BCUT2D eigenvalue weighted by Crippen LogP contribution is 2.26. The second-order valence-corrected chi connectivity index (χ2v) is 7.74. The van der Waals surface area contributed by atoms with Crippen LogP contribution < -0.4 is 0 Å². The van der Waals surface area contributed by atoms with Gasteiger partial charge in [-0.15, -0.1) is 0 Å². The number of likely N-dealkylation sites (N-methyl/N-ethyl adjacent to an activating group) is 1. The minimum Gasteiger partial charge on any atom is -0.299 e. The average Bonchev–Trinajstić information content (AvgIpc) is 2.32. The van der Waals surface area contributed by atoms with Crippen LogP contribution in [0.2, 0.25) is 0 Å². The smallest absolute Gasteiger partial charge is 0.243 e. The van der Waals surface area contributed by atoms with Gasteiger partial charge in [-0.2, -0.15) is 4.31 Å². The van der Waals surface area contributed by atoms with Crippen LogP contribution in [0.4, 0.5) is 0 Å². The maximum absolute atomic E-state index is 12.7. The van der Waals surface area contributed by atoms with E-state index in [1.807, 2.05) is 26.1 Å². The Labute approximate surface area is 116 Å². The Morgan fingerprint density at radius 2 is 1.79 bits per heavy atom. The van der Waals surface area contributed by atoms with Crippen molar-refractivity contribution in [3.8, 4) is 0 Å². The SMILES string of the molecule is Cc1ccccc1S(=O)(=O)N1CCN(C)C(C)(C)C1. The van der Waals surface area contributed by atoms with Crippen LogP contribution in [0, 0.1) is 6.92 Å². The van der Waals surface area contributed by atoms with Gasteiger partial charge in [0.25, 0.3) is 0 Å². The van der Waals surface area contributed by atoms with E-state index in [4.69, 9.17) is 0 Å². The highest BCUT2D eigenvalue weighted by atomic mass is 32.2. The van der Waals surface area contributed by atoms with Gasteiger partial charge in [-0.05, 0) is 39.4 Å². The molecule has 1 aromatic rings. The molecular weight excluding hydrogens is 260 g/mol. The number of hydrogen-bond donors (Lipinski definition) is 0. The van der Waals surface area contributed by atoms with Gasteiger partial charge in [-0.1, -0.05) is 18.2 Å². The molecule has 4 nitrogen and oxygen atoms in total. The number of hydrogen-bond acceptors (Lipinski definition) is 3. The van der Waals surface area contributed by atoms with Gasteiger partial charge in [0.1, 0.15) is 0 Å². The van der Waals surface area contributed by atoms with Gasteiger partial charge >= 0.3 is 0 Å². The molecule has 0 aromatic heterocycles. The van der Waals surface area contributed by atoms with Crippen LogP contribution >= 0.6 is 0 Å². The number of nitrogens with zero attached hydrogens (tertiary/aromatic N) is 2. The van der Waals surface area contributed by atoms with Crippen molar-refractivity contribution in [1.29, 1.82) is 0 Å². The molecule has 0 spiro atoms. The van der Waals surface area contributed by atoms with Crippen molar-refractivity contribution >= 4 is 10.0 Å². The van der Waals surface area contributed by atoms with Gasteiger partial charge in [0.15, 0.2) is 0 Å². The highest BCUT2D eigenvalue weighted by Gasteiger charge is 2.37. The van der Waals surface area contributed by atoms with Gasteiger partial charge in [-0.3, -0.25) is 4.90 Å². The third-order valence-corrected chi connectivity index (χ3v) is 6.00. The van der Waals surface area contributed by atoms with Crippen molar-refractivity contribution in [2.24, 2.45) is 0 Å². The normalized spacial score (nSPS) is 21.5. The summed E-state index contributed by atoms with van der Waals surface area (Å²) in [6, 6.07) is 7.17. The Morgan fingerprint density at radius 1 is 1.16 bits per heavy atom. The van der Waals surface area contributed by atoms with E-state index in [1.54, 1.807) is 16.4 Å². The van der Waals surface area contributed by atoms with E-state index in [9.17, 15) is 8.42 Å². The molecule has 0 amide bonds. The molecule has 19 heavy (non-hydrogen) atoms. The van der Waals surface area contributed by atoms with Crippen molar-refractivity contribution in [1.82, 2.24) is 9.21 Å². The zero-order valence-corrected chi connectivity index (χ0v) is 12.9. The average molecular weight is 282 g/mol. The Balaban J connectivity index is 2.34. The van der Waals surface area contributed by atoms with Crippen molar-refractivity contribution in [3.63, 3.8) is 0 Å². The van der Waals surface area contributed by atoms with E-state index >= 15 is 0 Å². The van der Waals surface area contributed by atoms with E-state index in [-0.39, 0.29) is 5.54 Å². The molecule has 1 saturated heterocycles. The summed E-state index contributed by atoms with van der Waals surface area (Å²) in [7, 11) is -1.34. The van der Waals surface area contributed by atoms with Gasteiger partial charge in [0.05, 0.1) is 4.90 Å². The van der Waals surface area contributed by atoms with Gasteiger partial charge in [-0.25, -0.2) is 8.42 Å². The van der Waals surface area contributed by atoms with E-state index in [0.717, 1.165) is 12.1 Å². The fourth-order valence-electron chi connectivity index (χ4n) is 2.39. The van der Waals surface area contributed by atoms with Crippen LogP contribution in [0.25, 0.3) is 0 Å². The quantitative estimate of drug-likeness (QED) is 0.829. The second kappa shape index (κ2) is 4.89. The second-order valence-electron chi connectivity index (χ2n) is 5.84. The molecule has 0 radical (unpaired) electrons. The van der Waals surface area contributed by atoms with E-state index in [1.165, 1.54) is 0 Å². The van der Waals surface area contributed by atoms with Gasteiger partial charge in [0.2, 0.25) is 10.0 Å². The molecule has 0 unspecified atom stereocenters. The number of rotatable bonds is 2. The molecule has 0 saturated carbocycles. The van der Waals surface area contributed by atoms with E-state index in [0.29, 0.717) is 18.0 Å². The van der Waals surface area contributed by atoms with Crippen LogP contribution in [-0.4, -0.2) is 49.8 Å². The van der Waals surface area contributed by atoms with E-state index in [2.05, 4.69) is 18.7 Å². The molecule has 0 N–H and O–H groups in total. The lowest BCUT2D eigenvalue weighted by Crippen LogP contribution is -2.58. The Bertz CT molecular complexity index is 567. The van der Waals surface area contributed by atoms with Gasteiger partial charge < -0.3 is 0 Å². The van der Waals surface area contributed by atoms with Crippen LogP contribution in [0.5, 0.6) is 0 Å². The lowest BCUT2D eigenvalue weighted by Gasteiger charge is -2.44. The van der Waals surface area contributed by atoms with Crippen LogP contribution in [0.1, 0.15) is 19.4 Å². The fourth-order valence-corrected chi connectivity index (χ4v) is 4.20. The van der Waals surface area contributed by atoms with Crippen LogP contribution in [-0.2, 0) is 10.0 Å². The molecule has 0 atom stereocenters. The molecule has 2 rings (SSSR count). The number of sulfonamides is 1. The molecule has 106 valence electrons. The summed E-state index contributed by atoms with van der Waals surface area (Å²) in [6.07, 6.45) is 0. The first-order valence-electron chi connectivity index (χ1n) is 6.52. The maximum atomic E-state index is 12.7. The summed E-state index contributed by atoms with van der Waals surface area (Å²) < 4.78 is 27.0. The molecule has 1 aromatic carbocycles. The van der Waals surface area contributed by atoms with E-state index < -0.39 is 10.0 Å². The van der Waals surface area contributed by atoms with Crippen LogP contribution in [0.15, 0.2) is 29.2 Å². The van der Waals surface area contributed by atoms with Crippen molar-refractivity contribution in [2.45, 2.75) is 31.2 Å². The molecule has 1 aliphatic rings. The largest absolute Gasteiger partial charge is 0.299 e. The summed E-state index contributed by atoms with van der Waals surface area (Å²) in [4.78, 5) is 2.63. The lowest BCUT2D eigenvalue weighted by molar-refractivity contribution is 0.0801. The standard InChI is InChI=1S/C14H22N2O2S/c1-12-7-5-6-8-13(12)19(17,18)16-10-9-15(4)14(2,3)11-16/h5-8H,9-11H2,1-4H3. The first kappa shape index (κ1) is 14.5. The number of benzene rings is 1. The summed E-state index contributed by atoms with van der Waals surface area (Å²) in [5.74, 6) is 0. The first-order valence-corrected chi connectivity index (χ1v) is 7.96. The Kier molecular flexibility index (Phi) is 3.73. The Morgan fingerprint density at radius 3 is 2.37 bits per heavy atom. The molecule has 0 bridgehead atoms. The molecular formula is C14H22N2O2S. The van der Waals surface area contributed by atoms with Crippen molar-refractivity contribution in [3.05, 3.63) is 29.8 Å². The first-order chi connectivity index (χ1) is 8.75. The third kappa shape index (κ3) is 2.68. The number of aryl methyl sites for hydroxylation is 1. The minimum atomic E-state index is -3.38. The molecule has 1 fully saturated rings. The summed E-state index contributed by atoms with van der Waals surface area (Å²) in [5.41, 5.74) is 0.674. The maximum Gasteiger partial charge on any atom is 0.243 e. The van der Waals surface area contributed by atoms with Crippen LogP contribution in [0.3, 0.4) is 0 Å².